The monoisotopic (exact) mass is 317 g/mol. The first kappa shape index (κ1) is 13.2. The van der Waals surface area contributed by atoms with Crippen molar-refractivity contribution in [2.75, 3.05) is 26.2 Å². The van der Waals surface area contributed by atoms with E-state index in [0.29, 0.717) is 13.0 Å². The van der Waals surface area contributed by atoms with Crippen molar-refractivity contribution in [3.05, 3.63) is 20.8 Å². The number of Topliss-reactive ketones (excluding diaryl/α,β-unsaturated/α-hetero) is 1. The SMILES string of the molecule is CCN1CCOC(C(=O)Cc2sccc2Br)C1. The third-order valence-corrected chi connectivity index (χ3v) is 4.91. The van der Waals surface area contributed by atoms with Gasteiger partial charge in [-0.1, -0.05) is 6.92 Å². The standard InChI is InChI=1S/C12H16BrNO2S/c1-2-14-4-5-16-11(8-14)10(15)7-12-9(13)3-6-17-12/h3,6,11H,2,4-5,7-8H2,1H3. The van der Waals surface area contributed by atoms with Gasteiger partial charge in [0, 0.05) is 28.9 Å². The van der Waals surface area contributed by atoms with Gasteiger partial charge in [0.1, 0.15) is 6.10 Å². The number of thiophene rings is 1. The molecular formula is C12H16BrNO2S. The Morgan fingerprint density at radius 1 is 1.71 bits per heavy atom. The van der Waals surface area contributed by atoms with Crippen LogP contribution >= 0.6 is 27.3 Å². The van der Waals surface area contributed by atoms with Crippen LogP contribution < -0.4 is 0 Å². The quantitative estimate of drug-likeness (QED) is 0.853. The van der Waals surface area contributed by atoms with Crippen LogP contribution in [0.1, 0.15) is 11.8 Å². The molecule has 0 aromatic carbocycles. The first-order valence-electron chi connectivity index (χ1n) is 5.79. The number of carbonyl (C=O) groups is 1. The Morgan fingerprint density at radius 2 is 2.53 bits per heavy atom. The minimum absolute atomic E-state index is 0.186. The zero-order valence-corrected chi connectivity index (χ0v) is 12.2. The summed E-state index contributed by atoms with van der Waals surface area (Å²) in [5.41, 5.74) is 0. The van der Waals surface area contributed by atoms with E-state index in [0.717, 1.165) is 29.0 Å². The van der Waals surface area contributed by atoms with Gasteiger partial charge >= 0.3 is 0 Å². The van der Waals surface area contributed by atoms with E-state index in [4.69, 9.17) is 4.74 Å². The fraction of sp³-hybridized carbons (Fsp3) is 0.583. The van der Waals surface area contributed by atoms with E-state index >= 15 is 0 Å². The number of halogens is 1. The Kier molecular flexibility index (Phi) is 4.73. The van der Waals surface area contributed by atoms with Crippen molar-refractivity contribution in [2.24, 2.45) is 0 Å². The van der Waals surface area contributed by atoms with Gasteiger partial charge in [-0.25, -0.2) is 0 Å². The van der Waals surface area contributed by atoms with Gasteiger partial charge in [0.15, 0.2) is 5.78 Å². The number of likely N-dealkylation sites (N-methyl/N-ethyl adjacent to an activating group) is 1. The predicted molar refractivity (Wildman–Crippen MR) is 72.6 cm³/mol. The molecule has 1 fully saturated rings. The first-order chi connectivity index (χ1) is 8.20. The maximum atomic E-state index is 12.1. The van der Waals surface area contributed by atoms with Crippen LogP contribution in [-0.4, -0.2) is 43.0 Å². The second-order valence-corrected chi connectivity index (χ2v) is 5.94. The van der Waals surface area contributed by atoms with Crippen molar-refractivity contribution < 1.29 is 9.53 Å². The molecule has 1 aromatic rings. The summed E-state index contributed by atoms with van der Waals surface area (Å²) < 4.78 is 6.59. The van der Waals surface area contributed by atoms with E-state index in [1.54, 1.807) is 11.3 Å². The highest BCUT2D eigenvalue weighted by Gasteiger charge is 2.26. The molecular weight excluding hydrogens is 302 g/mol. The molecule has 0 radical (unpaired) electrons. The van der Waals surface area contributed by atoms with Gasteiger partial charge in [0.2, 0.25) is 0 Å². The molecule has 0 aliphatic carbocycles. The lowest BCUT2D eigenvalue weighted by Gasteiger charge is -2.31. The Labute approximate surface area is 114 Å². The molecule has 0 saturated carbocycles. The van der Waals surface area contributed by atoms with Crippen LogP contribution in [0.2, 0.25) is 0 Å². The molecule has 1 aromatic heterocycles. The second-order valence-electron chi connectivity index (χ2n) is 4.09. The fourth-order valence-corrected chi connectivity index (χ4v) is 3.41. The van der Waals surface area contributed by atoms with Gasteiger partial charge in [-0.05, 0) is 33.9 Å². The summed E-state index contributed by atoms with van der Waals surface area (Å²) in [5.74, 6) is 0.186. The highest BCUT2D eigenvalue weighted by atomic mass is 79.9. The maximum Gasteiger partial charge on any atom is 0.168 e. The topological polar surface area (TPSA) is 29.5 Å². The number of carbonyl (C=O) groups excluding carboxylic acids is 1. The number of nitrogens with zero attached hydrogens (tertiary/aromatic N) is 1. The molecule has 17 heavy (non-hydrogen) atoms. The van der Waals surface area contributed by atoms with Crippen LogP contribution in [0.15, 0.2) is 15.9 Å². The van der Waals surface area contributed by atoms with Crippen molar-refractivity contribution in [1.82, 2.24) is 4.90 Å². The Morgan fingerprint density at radius 3 is 3.18 bits per heavy atom. The zero-order valence-electron chi connectivity index (χ0n) is 9.82. The van der Waals surface area contributed by atoms with Gasteiger partial charge < -0.3 is 4.74 Å². The van der Waals surface area contributed by atoms with Crippen molar-refractivity contribution in [2.45, 2.75) is 19.4 Å². The molecule has 0 N–H and O–H groups in total. The van der Waals surface area contributed by atoms with Crippen LogP contribution in [0.4, 0.5) is 0 Å². The largest absolute Gasteiger partial charge is 0.368 e. The number of hydrogen-bond acceptors (Lipinski definition) is 4. The second kappa shape index (κ2) is 6.09. The normalized spacial score (nSPS) is 21.6. The number of ether oxygens (including phenoxy) is 1. The third kappa shape index (κ3) is 3.37. The number of rotatable bonds is 4. The van der Waals surface area contributed by atoms with Crippen LogP contribution in [0.5, 0.6) is 0 Å². The van der Waals surface area contributed by atoms with Gasteiger partial charge in [-0.15, -0.1) is 11.3 Å². The first-order valence-corrected chi connectivity index (χ1v) is 7.46. The summed E-state index contributed by atoms with van der Waals surface area (Å²) in [4.78, 5) is 15.5. The number of ketones is 1. The fourth-order valence-electron chi connectivity index (χ4n) is 1.91. The van der Waals surface area contributed by atoms with E-state index in [2.05, 4.69) is 27.8 Å². The van der Waals surface area contributed by atoms with Crippen molar-refractivity contribution >= 4 is 33.0 Å². The van der Waals surface area contributed by atoms with Crippen LogP contribution in [0, 0.1) is 0 Å². The molecule has 1 aliphatic rings. The molecule has 0 amide bonds. The van der Waals surface area contributed by atoms with Crippen LogP contribution in [-0.2, 0) is 16.0 Å². The highest BCUT2D eigenvalue weighted by Crippen LogP contribution is 2.24. The molecule has 1 aliphatic heterocycles. The average molecular weight is 318 g/mol. The molecule has 3 nitrogen and oxygen atoms in total. The molecule has 94 valence electrons. The zero-order chi connectivity index (χ0) is 12.3. The lowest BCUT2D eigenvalue weighted by molar-refractivity contribution is -0.135. The van der Waals surface area contributed by atoms with E-state index in [1.807, 2.05) is 11.4 Å². The summed E-state index contributed by atoms with van der Waals surface area (Å²) in [5, 5.41) is 1.99. The molecule has 1 unspecified atom stereocenters. The number of morpholine rings is 1. The summed E-state index contributed by atoms with van der Waals surface area (Å²) in [6.45, 7) is 5.43. The minimum atomic E-state index is -0.252. The van der Waals surface area contributed by atoms with Crippen molar-refractivity contribution in [1.29, 1.82) is 0 Å². The molecule has 2 heterocycles. The Hall–Kier alpha value is -0.230. The lowest BCUT2D eigenvalue weighted by Crippen LogP contribution is -2.46. The molecule has 0 bridgehead atoms. The van der Waals surface area contributed by atoms with E-state index in [1.165, 1.54) is 0 Å². The van der Waals surface area contributed by atoms with Gasteiger partial charge in [0.05, 0.1) is 6.61 Å². The minimum Gasteiger partial charge on any atom is -0.368 e. The Balaban J connectivity index is 1.94. The van der Waals surface area contributed by atoms with Crippen LogP contribution in [0.25, 0.3) is 0 Å². The van der Waals surface area contributed by atoms with E-state index in [9.17, 15) is 4.79 Å². The summed E-state index contributed by atoms with van der Waals surface area (Å²) >= 11 is 5.06. The molecule has 2 rings (SSSR count). The molecule has 1 atom stereocenters. The van der Waals surface area contributed by atoms with E-state index in [-0.39, 0.29) is 11.9 Å². The summed E-state index contributed by atoms with van der Waals surface area (Å²) in [7, 11) is 0. The molecule has 1 saturated heterocycles. The molecule has 0 spiro atoms. The van der Waals surface area contributed by atoms with E-state index < -0.39 is 0 Å². The lowest BCUT2D eigenvalue weighted by atomic mass is 10.1. The summed E-state index contributed by atoms with van der Waals surface area (Å²) in [6, 6.07) is 1.98. The average Bonchev–Trinajstić information content (AvgIpc) is 2.75. The smallest absolute Gasteiger partial charge is 0.168 e. The van der Waals surface area contributed by atoms with Crippen LogP contribution in [0.3, 0.4) is 0 Å². The molecule has 5 heteroatoms. The van der Waals surface area contributed by atoms with Crippen molar-refractivity contribution in [3.8, 4) is 0 Å². The number of hydrogen-bond donors (Lipinski definition) is 0. The third-order valence-electron chi connectivity index (χ3n) is 2.98. The van der Waals surface area contributed by atoms with Gasteiger partial charge in [0.25, 0.3) is 0 Å². The maximum absolute atomic E-state index is 12.1. The predicted octanol–water partition coefficient (Wildman–Crippen LogP) is 2.34. The van der Waals surface area contributed by atoms with Gasteiger partial charge in [-0.3, -0.25) is 9.69 Å². The van der Waals surface area contributed by atoms with Crippen molar-refractivity contribution in [3.63, 3.8) is 0 Å². The van der Waals surface area contributed by atoms with Gasteiger partial charge in [-0.2, -0.15) is 0 Å². The Bertz CT molecular complexity index is 394. The highest BCUT2D eigenvalue weighted by molar-refractivity contribution is 9.10. The summed E-state index contributed by atoms with van der Waals surface area (Å²) in [6.07, 6.45) is 0.221.